The number of hydrogen-bond acceptors (Lipinski definition) is 3. The minimum atomic E-state index is -0.604. The molecule has 1 spiro atoms. The average molecular weight is 429 g/mol. The number of aliphatic carboxylic acids is 1. The summed E-state index contributed by atoms with van der Waals surface area (Å²) in [4.78, 5) is 13.6. The molecule has 0 aliphatic heterocycles. The van der Waals surface area contributed by atoms with E-state index in [0.29, 0.717) is 17.8 Å². The van der Waals surface area contributed by atoms with E-state index in [0.717, 1.165) is 44.3 Å². The highest BCUT2D eigenvalue weighted by Gasteiger charge is 2.68. The van der Waals surface area contributed by atoms with Crippen LogP contribution in [0.4, 0.5) is 0 Å². The molecule has 0 aromatic heterocycles. The molecule has 0 amide bonds. The van der Waals surface area contributed by atoms with Crippen molar-refractivity contribution in [3.63, 3.8) is 0 Å². The first-order chi connectivity index (χ1) is 14.3. The van der Waals surface area contributed by atoms with E-state index < -0.39 is 11.4 Å². The highest BCUT2D eigenvalue weighted by molar-refractivity contribution is 7.99. The highest BCUT2D eigenvalue weighted by Crippen LogP contribution is 2.72. The van der Waals surface area contributed by atoms with Crippen molar-refractivity contribution in [3.05, 3.63) is 30.3 Å². The highest BCUT2D eigenvalue weighted by atomic mass is 32.2. The third-order valence-corrected chi connectivity index (χ3v) is 11.3. The van der Waals surface area contributed by atoms with E-state index in [1.807, 2.05) is 18.7 Å². The lowest BCUT2D eigenvalue weighted by Crippen LogP contribution is -2.67. The van der Waals surface area contributed by atoms with Crippen molar-refractivity contribution < 1.29 is 15.0 Å². The molecule has 0 saturated heterocycles. The molecular formula is C26H36O3S. The lowest BCUT2D eigenvalue weighted by molar-refractivity contribution is -0.241. The van der Waals surface area contributed by atoms with Gasteiger partial charge in [0.1, 0.15) is 0 Å². The smallest absolute Gasteiger partial charge is 0.309 e. The fourth-order valence-electron chi connectivity index (χ4n) is 8.67. The monoisotopic (exact) mass is 428 g/mol. The number of thioether (sulfide) groups is 1. The zero-order valence-corrected chi connectivity index (χ0v) is 19.2. The molecule has 1 aromatic rings. The second-order valence-electron chi connectivity index (χ2n) is 11.2. The quantitative estimate of drug-likeness (QED) is 0.590. The first-order valence-corrected chi connectivity index (χ1v) is 12.9. The predicted molar refractivity (Wildman–Crippen MR) is 120 cm³/mol. The molecule has 2 bridgehead atoms. The predicted octanol–water partition coefficient (Wildman–Crippen LogP) is 5.86. The zero-order chi connectivity index (χ0) is 21.1. The maximum absolute atomic E-state index is 12.3. The third-order valence-electron chi connectivity index (χ3n) is 10.2. The second kappa shape index (κ2) is 7.27. The van der Waals surface area contributed by atoms with Crippen LogP contribution in [0.3, 0.4) is 0 Å². The van der Waals surface area contributed by atoms with Crippen LogP contribution in [0, 0.1) is 39.9 Å². The Morgan fingerprint density at radius 1 is 1.07 bits per heavy atom. The minimum Gasteiger partial charge on any atom is -0.481 e. The van der Waals surface area contributed by atoms with Gasteiger partial charge in [-0.25, -0.2) is 0 Å². The van der Waals surface area contributed by atoms with Crippen LogP contribution < -0.4 is 0 Å². The van der Waals surface area contributed by atoms with Gasteiger partial charge in [0, 0.05) is 10.6 Å². The Labute approximate surface area is 185 Å². The Hall–Kier alpha value is -1.00. The number of aliphatic hydroxyl groups is 1. The van der Waals surface area contributed by atoms with Crippen LogP contribution in [0.5, 0.6) is 0 Å². The molecule has 5 saturated carbocycles. The summed E-state index contributed by atoms with van der Waals surface area (Å²) in [5, 5.41) is 21.8. The van der Waals surface area contributed by atoms with Crippen molar-refractivity contribution in [1.29, 1.82) is 0 Å². The topological polar surface area (TPSA) is 57.5 Å². The molecule has 30 heavy (non-hydrogen) atoms. The molecule has 1 aromatic carbocycles. The lowest BCUT2D eigenvalue weighted by Gasteiger charge is -2.70. The maximum atomic E-state index is 12.3. The molecule has 4 heteroatoms. The van der Waals surface area contributed by atoms with Crippen molar-refractivity contribution in [1.82, 2.24) is 0 Å². The van der Waals surface area contributed by atoms with E-state index in [-0.39, 0.29) is 22.9 Å². The molecule has 0 unspecified atom stereocenters. The number of carbonyl (C=O) groups is 1. The number of carboxylic acids is 1. The van der Waals surface area contributed by atoms with Crippen LogP contribution in [0.2, 0.25) is 0 Å². The van der Waals surface area contributed by atoms with Crippen molar-refractivity contribution in [2.75, 3.05) is 5.75 Å². The largest absolute Gasteiger partial charge is 0.481 e. The number of hydrogen-bond donors (Lipinski definition) is 2. The van der Waals surface area contributed by atoms with Gasteiger partial charge in [0.2, 0.25) is 0 Å². The Kier molecular flexibility index (Phi) is 5.06. The van der Waals surface area contributed by atoms with E-state index in [2.05, 4.69) is 37.3 Å². The summed E-state index contributed by atoms with van der Waals surface area (Å²) < 4.78 is 0. The Balaban J connectivity index is 1.41. The van der Waals surface area contributed by atoms with Gasteiger partial charge in [-0.3, -0.25) is 4.79 Å². The van der Waals surface area contributed by atoms with Crippen molar-refractivity contribution >= 4 is 17.7 Å². The number of fused-ring (bicyclic) bond motifs is 3. The van der Waals surface area contributed by atoms with Gasteiger partial charge in [-0.05, 0) is 98.5 Å². The number of carboxylic acid groups (broad SMARTS) is 1. The summed E-state index contributed by atoms with van der Waals surface area (Å²) in [6, 6.07) is 10.6. The summed E-state index contributed by atoms with van der Waals surface area (Å²) in [6.45, 7) is 4.40. The third kappa shape index (κ3) is 2.85. The zero-order valence-electron chi connectivity index (χ0n) is 18.3. The summed E-state index contributed by atoms with van der Waals surface area (Å²) in [5.74, 6) is 2.07. The van der Waals surface area contributed by atoms with E-state index in [1.54, 1.807) is 0 Å². The SMILES string of the molecule is C[C@@]12CCC[C@@](C)(C(=O)O)[C@H]1CC[C@@]13CC[C@H](C[C@@H]21)[C@H](CSc1ccccc1)[C@H]3O. The van der Waals surface area contributed by atoms with Gasteiger partial charge >= 0.3 is 5.97 Å². The van der Waals surface area contributed by atoms with Crippen molar-refractivity contribution in [2.45, 2.75) is 76.2 Å². The molecule has 5 aliphatic carbocycles. The van der Waals surface area contributed by atoms with Gasteiger partial charge < -0.3 is 10.2 Å². The molecular weight excluding hydrogens is 392 g/mol. The molecule has 5 aliphatic rings. The summed E-state index contributed by atoms with van der Waals surface area (Å²) >= 11 is 1.89. The van der Waals surface area contributed by atoms with Crippen LogP contribution in [-0.2, 0) is 4.79 Å². The van der Waals surface area contributed by atoms with Crippen LogP contribution in [0.25, 0.3) is 0 Å². The average Bonchev–Trinajstić information content (AvgIpc) is 2.74. The minimum absolute atomic E-state index is 0.0126. The summed E-state index contributed by atoms with van der Waals surface area (Å²) in [7, 11) is 0. The molecule has 164 valence electrons. The maximum Gasteiger partial charge on any atom is 0.309 e. The van der Waals surface area contributed by atoms with Gasteiger partial charge in [0.05, 0.1) is 11.5 Å². The van der Waals surface area contributed by atoms with E-state index in [9.17, 15) is 15.0 Å². The number of benzene rings is 1. The van der Waals surface area contributed by atoms with Crippen molar-refractivity contribution in [3.8, 4) is 0 Å². The Bertz CT molecular complexity index is 812. The van der Waals surface area contributed by atoms with E-state index in [1.165, 1.54) is 17.7 Å². The molecule has 6 rings (SSSR count). The summed E-state index contributed by atoms with van der Waals surface area (Å²) in [5.41, 5.74) is -0.529. The first kappa shape index (κ1) is 20.9. The van der Waals surface area contributed by atoms with Gasteiger partial charge in [0.15, 0.2) is 0 Å². The molecule has 0 heterocycles. The van der Waals surface area contributed by atoms with E-state index in [4.69, 9.17) is 0 Å². The van der Waals surface area contributed by atoms with Gasteiger partial charge in [-0.15, -0.1) is 11.8 Å². The number of rotatable bonds is 4. The van der Waals surface area contributed by atoms with Crippen LogP contribution in [-0.4, -0.2) is 28.0 Å². The van der Waals surface area contributed by atoms with Crippen LogP contribution in [0.15, 0.2) is 35.2 Å². The van der Waals surface area contributed by atoms with Crippen LogP contribution >= 0.6 is 11.8 Å². The first-order valence-electron chi connectivity index (χ1n) is 11.9. The molecule has 3 nitrogen and oxygen atoms in total. The number of aliphatic hydroxyl groups excluding tert-OH is 1. The Morgan fingerprint density at radius 3 is 2.53 bits per heavy atom. The molecule has 0 radical (unpaired) electrons. The Morgan fingerprint density at radius 2 is 1.80 bits per heavy atom. The molecule has 5 fully saturated rings. The van der Waals surface area contributed by atoms with Gasteiger partial charge in [-0.1, -0.05) is 31.5 Å². The lowest BCUT2D eigenvalue weighted by atomic mass is 9.35. The van der Waals surface area contributed by atoms with Crippen LogP contribution in [0.1, 0.15) is 65.2 Å². The van der Waals surface area contributed by atoms with E-state index >= 15 is 0 Å². The molecule has 2 N–H and O–H groups in total. The second-order valence-corrected chi connectivity index (χ2v) is 12.3. The normalized spacial score (nSPS) is 47.4. The standard InChI is InChI=1S/C26H36O3S/c1-24-11-6-12-25(2,23(28)29)20(24)10-14-26-13-9-17(15-21(24)26)19(22(26)27)16-30-18-7-4-3-5-8-18/h3-5,7-8,17,19-22,27H,6,9-16H2,1-2H3,(H,28,29)/t17-,19+,20+,21+,22-,24-,25-,26+/m1/s1. The fraction of sp³-hybridized carbons (Fsp3) is 0.731. The van der Waals surface area contributed by atoms with Gasteiger partial charge in [0.25, 0.3) is 0 Å². The van der Waals surface area contributed by atoms with Crippen molar-refractivity contribution in [2.24, 2.45) is 39.9 Å². The fourth-order valence-corrected chi connectivity index (χ4v) is 9.86. The van der Waals surface area contributed by atoms with Gasteiger partial charge in [-0.2, -0.15) is 0 Å². The molecule has 8 atom stereocenters. The summed E-state index contributed by atoms with van der Waals surface area (Å²) in [6.07, 6.45) is 8.28.